The number of amides is 1. The average Bonchev–Trinajstić information content (AvgIpc) is 2.84. The predicted octanol–water partition coefficient (Wildman–Crippen LogP) is 6.31. The van der Waals surface area contributed by atoms with Gasteiger partial charge in [0.05, 0.1) is 16.8 Å². The molecular formula is C29H28N2O. The molecule has 0 aliphatic carbocycles. The number of nitrogens with zero attached hydrogens (tertiary/aromatic N) is 2. The normalized spacial score (nSPS) is 14.6. The van der Waals surface area contributed by atoms with Gasteiger partial charge in [0.25, 0.3) is 5.91 Å². The van der Waals surface area contributed by atoms with Gasteiger partial charge >= 0.3 is 0 Å². The number of para-hydroxylation sites is 1. The Morgan fingerprint density at radius 2 is 1.59 bits per heavy atom. The third-order valence-corrected chi connectivity index (χ3v) is 6.56. The summed E-state index contributed by atoms with van der Waals surface area (Å²) in [7, 11) is 0. The molecule has 5 rings (SSSR count). The highest BCUT2D eigenvalue weighted by atomic mass is 16.2. The van der Waals surface area contributed by atoms with Crippen molar-refractivity contribution in [2.75, 3.05) is 13.1 Å². The average molecular weight is 421 g/mol. The number of benzene rings is 3. The molecule has 2 heterocycles. The van der Waals surface area contributed by atoms with Gasteiger partial charge in [0.15, 0.2) is 0 Å². The van der Waals surface area contributed by atoms with E-state index in [4.69, 9.17) is 4.98 Å². The zero-order valence-electron chi connectivity index (χ0n) is 18.5. The summed E-state index contributed by atoms with van der Waals surface area (Å²) in [6, 6.07) is 29.0. The Kier molecular flexibility index (Phi) is 5.72. The van der Waals surface area contributed by atoms with Crippen molar-refractivity contribution in [3.05, 3.63) is 102 Å². The van der Waals surface area contributed by atoms with Crippen molar-refractivity contribution in [2.24, 2.45) is 5.92 Å². The molecule has 4 aromatic rings. The number of carbonyl (C=O) groups excluding carboxylic acids is 1. The summed E-state index contributed by atoms with van der Waals surface area (Å²) in [5.41, 5.74) is 6.12. The van der Waals surface area contributed by atoms with Gasteiger partial charge in [-0.3, -0.25) is 4.79 Å². The Balaban J connectivity index is 1.39. The molecule has 1 amide bonds. The highest BCUT2D eigenvalue weighted by Gasteiger charge is 2.25. The van der Waals surface area contributed by atoms with Crippen molar-refractivity contribution in [3.8, 4) is 11.3 Å². The molecule has 1 aromatic heterocycles. The summed E-state index contributed by atoms with van der Waals surface area (Å²) in [5, 5.41) is 0.930. The van der Waals surface area contributed by atoms with Crippen LogP contribution in [0.2, 0.25) is 0 Å². The van der Waals surface area contributed by atoms with Crippen LogP contribution < -0.4 is 0 Å². The molecule has 0 spiro atoms. The van der Waals surface area contributed by atoms with Crippen LogP contribution in [0, 0.1) is 12.8 Å². The quantitative estimate of drug-likeness (QED) is 0.388. The Morgan fingerprint density at radius 3 is 2.34 bits per heavy atom. The zero-order valence-corrected chi connectivity index (χ0v) is 18.5. The molecule has 0 atom stereocenters. The first-order valence-corrected chi connectivity index (χ1v) is 11.5. The molecule has 1 fully saturated rings. The lowest BCUT2D eigenvalue weighted by molar-refractivity contribution is 0.0692. The summed E-state index contributed by atoms with van der Waals surface area (Å²) in [4.78, 5) is 20.5. The van der Waals surface area contributed by atoms with Gasteiger partial charge in [-0.05, 0) is 49.8 Å². The minimum absolute atomic E-state index is 0.120. The molecule has 0 unspecified atom stereocenters. The van der Waals surface area contributed by atoms with Crippen molar-refractivity contribution in [1.82, 2.24) is 9.88 Å². The number of pyridine rings is 1. The van der Waals surface area contributed by atoms with E-state index in [0.29, 0.717) is 5.92 Å². The third kappa shape index (κ3) is 4.29. The number of likely N-dealkylation sites (tertiary alicyclic amines) is 1. The molecule has 1 saturated heterocycles. The van der Waals surface area contributed by atoms with E-state index >= 15 is 0 Å². The Bertz CT molecular complexity index is 1220. The maximum absolute atomic E-state index is 13.6. The second-order valence-electron chi connectivity index (χ2n) is 8.86. The number of aromatic nitrogens is 1. The molecule has 1 aliphatic rings. The van der Waals surface area contributed by atoms with E-state index in [1.54, 1.807) is 0 Å². The van der Waals surface area contributed by atoms with Crippen LogP contribution in [0.3, 0.4) is 0 Å². The van der Waals surface area contributed by atoms with Gasteiger partial charge < -0.3 is 4.90 Å². The van der Waals surface area contributed by atoms with Crippen molar-refractivity contribution in [1.29, 1.82) is 0 Å². The molecule has 3 aromatic carbocycles. The number of piperidine rings is 1. The summed E-state index contributed by atoms with van der Waals surface area (Å²) in [6.07, 6.45) is 3.20. The van der Waals surface area contributed by atoms with Crippen LogP contribution in [0.25, 0.3) is 22.2 Å². The summed E-state index contributed by atoms with van der Waals surface area (Å²) < 4.78 is 0. The van der Waals surface area contributed by atoms with Gasteiger partial charge in [-0.1, -0.05) is 78.4 Å². The van der Waals surface area contributed by atoms with E-state index < -0.39 is 0 Å². The zero-order chi connectivity index (χ0) is 21.9. The van der Waals surface area contributed by atoms with Gasteiger partial charge in [-0.2, -0.15) is 0 Å². The molecule has 0 N–H and O–H groups in total. The lowest BCUT2D eigenvalue weighted by Crippen LogP contribution is -2.39. The number of aryl methyl sites for hydroxylation is 1. The van der Waals surface area contributed by atoms with Crippen LogP contribution in [-0.4, -0.2) is 28.9 Å². The van der Waals surface area contributed by atoms with Crippen molar-refractivity contribution in [2.45, 2.75) is 26.2 Å². The molecule has 1 aliphatic heterocycles. The van der Waals surface area contributed by atoms with Gasteiger partial charge in [0, 0.05) is 24.0 Å². The van der Waals surface area contributed by atoms with Gasteiger partial charge in [-0.25, -0.2) is 4.98 Å². The van der Waals surface area contributed by atoms with Crippen LogP contribution in [0.4, 0.5) is 0 Å². The SMILES string of the molecule is Cc1ccc(-c2cc(C(=O)N3CCC(Cc4ccccc4)CC3)c3ccccc3n2)cc1. The summed E-state index contributed by atoms with van der Waals surface area (Å²) in [6.45, 7) is 3.70. The van der Waals surface area contributed by atoms with Crippen LogP contribution in [0.1, 0.15) is 34.3 Å². The lowest BCUT2D eigenvalue weighted by Gasteiger charge is -2.32. The number of hydrogen-bond donors (Lipinski definition) is 0. The minimum Gasteiger partial charge on any atom is -0.339 e. The van der Waals surface area contributed by atoms with Gasteiger partial charge in [-0.15, -0.1) is 0 Å². The maximum Gasteiger partial charge on any atom is 0.254 e. The van der Waals surface area contributed by atoms with Crippen LogP contribution in [0.15, 0.2) is 84.9 Å². The van der Waals surface area contributed by atoms with E-state index in [1.807, 2.05) is 35.2 Å². The summed E-state index contributed by atoms with van der Waals surface area (Å²) in [5.74, 6) is 0.758. The maximum atomic E-state index is 13.6. The van der Waals surface area contributed by atoms with Gasteiger partial charge in [0.1, 0.15) is 0 Å². The first-order chi connectivity index (χ1) is 15.7. The number of rotatable bonds is 4. The monoisotopic (exact) mass is 420 g/mol. The number of hydrogen-bond acceptors (Lipinski definition) is 2. The van der Waals surface area contributed by atoms with E-state index in [1.165, 1.54) is 11.1 Å². The van der Waals surface area contributed by atoms with E-state index in [2.05, 4.69) is 61.5 Å². The third-order valence-electron chi connectivity index (χ3n) is 6.56. The molecular weight excluding hydrogens is 392 g/mol. The predicted molar refractivity (Wildman–Crippen MR) is 131 cm³/mol. The standard InChI is InChI=1S/C29H28N2O/c1-21-11-13-24(14-12-21)28-20-26(25-9-5-6-10-27(25)30-28)29(32)31-17-15-23(16-18-31)19-22-7-3-2-4-8-22/h2-14,20,23H,15-19H2,1H3. The van der Waals surface area contributed by atoms with E-state index in [9.17, 15) is 4.79 Å². The summed E-state index contributed by atoms with van der Waals surface area (Å²) >= 11 is 0. The fourth-order valence-corrected chi connectivity index (χ4v) is 4.68. The largest absolute Gasteiger partial charge is 0.339 e. The second-order valence-corrected chi connectivity index (χ2v) is 8.86. The van der Waals surface area contributed by atoms with Crippen LogP contribution in [-0.2, 0) is 6.42 Å². The lowest BCUT2D eigenvalue weighted by atomic mass is 9.90. The highest BCUT2D eigenvalue weighted by molar-refractivity contribution is 6.07. The highest BCUT2D eigenvalue weighted by Crippen LogP contribution is 2.28. The first-order valence-electron chi connectivity index (χ1n) is 11.5. The molecule has 0 radical (unpaired) electrons. The molecule has 0 bridgehead atoms. The smallest absolute Gasteiger partial charge is 0.254 e. The van der Waals surface area contributed by atoms with Crippen molar-refractivity contribution < 1.29 is 4.79 Å². The van der Waals surface area contributed by atoms with E-state index in [0.717, 1.165) is 60.1 Å². The Hall–Kier alpha value is -3.46. The van der Waals surface area contributed by atoms with E-state index in [-0.39, 0.29) is 5.91 Å². The van der Waals surface area contributed by atoms with Crippen molar-refractivity contribution in [3.63, 3.8) is 0 Å². The molecule has 3 nitrogen and oxygen atoms in total. The Labute approximate surface area is 189 Å². The van der Waals surface area contributed by atoms with Crippen LogP contribution >= 0.6 is 0 Å². The molecule has 3 heteroatoms. The molecule has 32 heavy (non-hydrogen) atoms. The van der Waals surface area contributed by atoms with Gasteiger partial charge in [0.2, 0.25) is 0 Å². The van der Waals surface area contributed by atoms with Crippen LogP contribution in [0.5, 0.6) is 0 Å². The number of fused-ring (bicyclic) bond motifs is 1. The number of carbonyl (C=O) groups is 1. The second kappa shape index (κ2) is 8.96. The van der Waals surface area contributed by atoms with Crippen molar-refractivity contribution >= 4 is 16.8 Å². The fraction of sp³-hybridized carbons (Fsp3) is 0.241. The fourth-order valence-electron chi connectivity index (χ4n) is 4.68. The topological polar surface area (TPSA) is 33.2 Å². The Morgan fingerprint density at radius 1 is 0.906 bits per heavy atom. The molecule has 160 valence electrons. The minimum atomic E-state index is 0.120. The first kappa shape index (κ1) is 20.4. The molecule has 0 saturated carbocycles.